The molecule has 2 nitrogen and oxygen atoms in total. The summed E-state index contributed by atoms with van der Waals surface area (Å²) in [6.07, 6.45) is 12.9. The van der Waals surface area contributed by atoms with Crippen LogP contribution < -0.4 is 4.57 Å². The third kappa shape index (κ3) is 3.43. The Balaban J connectivity index is 2.02. The summed E-state index contributed by atoms with van der Waals surface area (Å²) >= 11 is 0. The Morgan fingerprint density at radius 1 is 0.759 bits per heavy atom. The first-order chi connectivity index (χ1) is 14.2. The Hall–Kier alpha value is -2.35. The Morgan fingerprint density at radius 3 is 1.83 bits per heavy atom. The Bertz CT molecular complexity index is 885. The first-order valence-electron chi connectivity index (χ1n) is 11.5. The molecule has 0 atom stereocenters. The minimum atomic E-state index is 1.05. The largest absolute Gasteiger partial charge is 0.295 e. The zero-order chi connectivity index (χ0) is 20.4. The van der Waals surface area contributed by atoms with Gasteiger partial charge in [0, 0.05) is 0 Å². The van der Waals surface area contributed by atoms with Gasteiger partial charge in [0.05, 0.1) is 22.8 Å². The number of hydrogen-bond donors (Lipinski definition) is 0. The smallest absolute Gasteiger partial charge is 0.269 e. The maximum atomic E-state index is 3.86. The zero-order valence-electron chi connectivity index (χ0n) is 18.5. The first kappa shape index (κ1) is 19.9. The summed E-state index contributed by atoms with van der Waals surface area (Å²) in [5.74, 6) is 0. The molecule has 3 aromatic rings. The van der Waals surface area contributed by atoms with E-state index in [1.54, 1.807) is 0 Å². The summed E-state index contributed by atoms with van der Waals surface area (Å²) in [6.45, 7) is 9.07. The summed E-state index contributed by atoms with van der Waals surface area (Å²) in [7, 11) is 0. The molecule has 0 aliphatic heterocycles. The van der Waals surface area contributed by atoms with Gasteiger partial charge in [-0.3, -0.25) is 9.13 Å². The van der Waals surface area contributed by atoms with E-state index in [1.807, 2.05) is 0 Å². The third-order valence-electron chi connectivity index (χ3n) is 6.53. The molecule has 1 heterocycles. The molecule has 1 aromatic heterocycles. The van der Waals surface area contributed by atoms with Crippen LogP contribution in [0.25, 0.3) is 11.4 Å². The molecule has 152 valence electrons. The predicted octanol–water partition coefficient (Wildman–Crippen LogP) is 5.68. The molecule has 0 spiro atoms. The van der Waals surface area contributed by atoms with Crippen LogP contribution >= 0.6 is 0 Å². The van der Waals surface area contributed by atoms with Crippen molar-refractivity contribution in [3.63, 3.8) is 0 Å². The van der Waals surface area contributed by atoms with Gasteiger partial charge in [-0.1, -0.05) is 76.9 Å². The van der Waals surface area contributed by atoms with E-state index in [9.17, 15) is 0 Å². The number of para-hydroxylation sites is 2. The molecule has 0 bridgehead atoms. The Labute approximate surface area is 176 Å². The van der Waals surface area contributed by atoms with Crippen LogP contribution in [-0.4, -0.2) is 4.57 Å². The van der Waals surface area contributed by atoms with Crippen molar-refractivity contribution in [2.24, 2.45) is 0 Å². The summed E-state index contributed by atoms with van der Waals surface area (Å²) in [5.41, 5.74) is 11.4. The van der Waals surface area contributed by atoms with Gasteiger partial charge in [0.25, 0.3) is 6.33 Å². The Kier molecular flexibility index (Phi) is 5.89. The molecular formula is C27H34N2. The van der Waals surface area contributed by atoms with Crippen molar-refractivity contribution in [3.8, 4) is 11.4 Å². The zero-order valence-corrected chi connectivity index (χ0v) is 18.5. The maximum Gasteiger partial charge on any atom is 0.269 e. The van der Waals surface area contributed by atoms with Crippen molar-refractivity contribution in [2.75, 3.05) is 0 Å². The van der Waals surface area contributed by atoms with Gasteiger partial charge in [0.1, 0.15) is 0 Å². The number of aryl methyl sites for hydroxylation is 4. The number of imidazole rings is 1. The van der Waals surface area contributed by atoms with Crippen molar-refractivity contribution < 1.29 is 4.57 Å². The van der Waals surface area contributed by atoms with Crippen LogP contribution in [0.1, 0.15) is 74.2 Å². The van der Waals surface area contributed by atoms with Gasteiger partial charge in [-0.25, -0.2) is 0 Å². The second-order valence-corrected chi connectivity index (χ2v) is 8.14. The fourth-order valence-electron chi connectivity index (χ4n) is 4.95. The van der Waals surface area contributed by atoms with E-state index in [0.717, 1.165) is 38.5 Å². The van der Waals surface area contributed by atoms with Crippen LogP contribution in [0, 0.1) is 6.33 Å². The van der Waals surface area contributed by atoms with Crippen molar-refractivity contribution in [1.82, 2.24) is 4.57 Å². The summed E-state index contributed by atoms with van der Waals surface area (Å²) in [6, 6.07) is 13.6. The first-order valence-corrected chi connectivity index (χ1v) is 11.5. The van der Waals surface area contributed by atoms with E-state index in [4.69, 9.17) is 0 Å². The van der Waals surface area contributed by atoms with E-state index in [0.29, 0.717) is 0 Å². The summed E-state index contributed by atoms with van der Waals surface area (Å²) in [4.78, 5) is 0. The van der Waals surface area contributed by atoms with E-state index in [2.05, 4.69) is 79.6 Å². The van der Waals surface area contributed by atoms with Crippen LogP contribution in [0.15, 0.2) is 36.4 Å². The van der Waals surface area contributed by atoms with E-state index in [1.165, 1.54) is 57.9 Å². The van der Waals surface area contributed by atoms with E-state index in [-0.39, 0.29) is 0 Å². The normalized spacial score (nSPS) is 13.5. The lowest BCUT2D eigenvalue weighted by Gasteiger charge is -2.20. The van der Waals surface area contributed by atoms with Crippen LogP contribution in [0.4, 0.5) is 0 Å². The van der Waals surface area contributed by atoms with Crippen molar-refractivity contribution in [3.05, 3.63) is 76.4 Å². The van der Waals surface area contributed by atoms with Crippen LogP contribution in [-0.2, 0) is 38.5 Å². The third-order valence-corrected chi connectivity index (χ3v) is 6.53. The molecule has 4 rings (SSSR count). The number of aromatic nitrogens is 2. The van der Waals surface area contributed by atoms with Crippen molar-refractivity contribution >= 4 is 0 Å². The lowest BCUT2D eigenvalue weighted by molar-refractivity contribution is -0.609. The van der Waals surface area contributed by atoms with Gasteiger partial charge >= 0.3 is 0 Å². The fraction of sp³-hybridized carbons (Fsp3) is 0.444. The second-order valence-electron chi connectivity index (χ2n) is 8.14. The summed E-state index contributed by atoms with van der Waals surface area (Å²) < 4.78 is 4.86. The second kappa shape index (κ2) is 8.57. The quantitative estimate of drug-likeness (QED) is 0.380. The van der Waals surface area contributed by atoms with Gasteiger partial charge in [0.15, 0.2) is 0 Å². The molecular weight excluding hydrogens is 352 g/mol. The van der Waals surface area contributed by atoms with Gasteiger partial charge in [0.2, 0.25) is 0 Å². The predicted molar refractivity (Wildman–Crippen MR) is 120 cm³/mol. The van der Waals surface area contributed by atoms with Crippen LogP contribution in [0.5, 0.6) is 0 Å². The molecule has 0 fully saturated rings. The average Bonchev–Trinajstić information content (AvgIpc) is 3.16. The topological polar surface area (TPSA) is 8.81 Å². The molecule has 1 aliphatic rings. The van der Waals surface area contributed by atoms with Gasteiger partial charge in [-0.05, 0) is 60.8 Å². The number of hydrogen-bond acceptors (Lipinski definition) is 0. The highest BCUT2D eigenvalue weighted by atomic mass is 15.2. The molecule has 0 unspecified atom stereocenters. The molecule has 0 N–H and O–H groups in total. The minimum absolute atomic E-state index is 1.05. The molecule has 0 radical (unpaired) electrons. The molecule has 2 heteroatoms. The molecule has 1 aliphatic carbocycles. The summed E-state index contributed by atoms with van der Waals surface area (Å²) in [5, 5.41) is 0. The van der Waals surface area contributed by atoms with E-state index < -0.39 is 0 Å². The van der Waals surface area contributed by atoms with Crippen molar-refractivity contribution in [2.45, 2.75) is 79.1 Å². The lowest BCUT2D eigenvalue weighted by Crippen LogP contribution is -2.37. The fourth-order valence-corrected chi connectivity index (χ4v) is 4.95. The Morgan fingerprint density at radius 2 is 1.28 bits per heavy atom. The highest BCUT2D eigenvalue weighted by Gasteiger charge is 2.25. The minimum Gasteiger partial charge on any atom is -0.295 e. The number of benzene rings is 2. The maximum absolute atomic E-state index is 3.86. The highest BCUT2D eigenvalue weighted by Crippen LogP contribution is 2.29. The van der Waals surface area contributed by atoms with Crippen LogP contribution in [0.3, 0.4) is 0 Å². The molecule has 0 amide bonds. The molecule has 0 saturated carbocycles. The molecule has 29 heavy (non-hydrogen) atoms. The standard InChI is InChI=1S/C27H34N2/c1-5-20-13-11-14-21(6-2)26(20)28-19-29(25-18-10-9-17-24(25)28)27-22(7-3)15-12-16-23(27)8-4/h11-16H,5-10,17-18H2,1-4H3. The average molecular weight is 387 g/mol. The van der Waals surface area contributed by atoms with Crippen molar-refractivity contribution in [1.29, 1.82) is 0 Å². The lowest BCUT2D eigenvalue weighted by atomic mass is 9.97. The SMILES string of the molecule is CCc1cccc(CC)c1-n1[c-][n+](-c2c(CC)cccc2CC)c2c1CCCC2. The monoisotopic (exact) mass is 386 g/mol. The molecule has 0 saturated heterocycles. The number of rotatable bonds is 6. The van der Waals surface area contributed by atoms with E-state index >= 15 is 0 Å². The van der Waals surface area contributed by atoms with Gasteiger partial charge < -0.3 is 0 Å². The van der Waals surface area contributed by atoms with Gasteiger partial charge in [-0.2, -0.15) is 0 Å². The molecule has 2 aromatic carbocycles. The van der Waals surface area contributed by atoms with Crippen LogP contribution in [0.2, 0.25) is 0 Å². The van der Waals surface area contributed by atoms with Gasteiger partial charge in [-0.15, -0.1) is 0 Å². The highest BCUT2D eigenvalue weighted by molar-refractivity contribution is 5.50. The number of nitrogens with zero attached hydrogens (tertiary/aromatic N) is 2. The number of fused-ring (bicyclic) bond motifs is 1.